The molecule has 2 unspecified atom stereocenters. The van der Waals surface area contributed by atoms with Gasteiger partial charge in [-0.05, 0) is 75.5 Å². The fourth-order valence-electron chi connectivity index (χ4n) is 4.08. The molecule has 0 aromatic heterocycles. The van der Waals surface area contributed by atoms with Gasteiger partial charge in [-0.25, -0.2) is 4.39 Å². The van der Waals surface area contributed by atoms with Crippen LogP contribution in [0.15, 0.2) is 64.4 Å². The number of amides is 1. The molecule has 1 saturated carbocycles. The lowest BCUT2D eigenvalue weighted by Crippen LogP contribution is -2.41. The number of hydrogen-bond acceptors (Lipinski definition) is 7. The number of rotatable bonds is 7. The summed E-state index contributed by atoms with van der Waals surface area (Å²) in [6.45, 7) is 5.46. The molecule has 1 aromatic carbocycles. The molecule has 1 amide bonds. The zero-order valence-corrected chi connectivity index (χ0v) is 20.4. The first-order chi connectivity index (χ1) is 17.0. The molecule has 8 nitrogen and oxygen atoms in total. The standard InChI is InChI=1S/C27H28FN3O5/c1-26(2,3)36-25(34)19(16-8-9-16)14-31-24(33)22-23(32)18-10-11-27(15-29,12-17(18)13-30-22)35-21-7-5-4-6-20(21)28/h4-7,10-12,16,19,32H,8-9,13-14H2,1-3H3,(H,31,33). The molecule has 4 rings (SSSR count). The Balaban J connectivity index is 1.47. The highest BCUT2D eigenvalue weighted by Gasteiger charge is 2.40. The molecule has 0 saturated heterocycles. The van der Waals surface area contributed by atoms with Gasteiger partial charge in [0.15, 0.2) is 23.0 Å². The number of aliphatic hydroxyl groups is 1. The summed E-state index contributed by atoms with van der Waals surface area (Å²) in [6.07, 6.45) is 6.09. The van der Waals surface area contributed by atoms with Gasteiger partial charge in [-0.1, -0.05) is 12.1 Å². The Morgan fingerprint density at radius 1 is 1.33 bits per heavy atom. The molecule has 2 atom stereocenters. The maximum atomic E-state index is 14.1. The maximum absolute atomic E-state index is 14.1. The Bertz CT molecular complexity index is 1250. The molecule has 0 radical (unpaired) electrons. The summed E-state index contributed by atoms with van der Waals surface area (Å²) in [5.41, 5.74) is -1.60. The molecule has 1 fully saturated rings. The van der Waals surface area contributed by atoms with Gasteiger partial charge in [-0.3, -0.25) is 14.6 Å². The smallest absolute Gasteiger partial charge is 0.311 e. The van der Waals surface area contributed by atoms with Gasteiger partial charge < -0.3 is 19.9 Å². The van der Waals surface area contributed by atoms with Crippen molar-refractivity contribution >= 4 is 17.6 Å². The molecular weight excluding hydrogens is 465 g/mol. The summed E-state index contributed by atoms with van der Waals surface area (Å²) in [5.74, 6) is -2.33. The van der Waals surface area contributed by atoms with Crippen LogP contribution in [0, 0.1) is 29.0 Å². The summed E-state index contributed by atoms with van der Waals surface area (Å²) in [4.78, 5) is 29.6. The molecule has 9 heteroatoms. The molecule has 0 spiro atoms. The van der Waals surface area contributed by atoms with Crippen molar-refractivity contribution < 1.29 is 28.6 Å². The van der Waals surface area contributed by atoms with Gasteiger partial charge in [0, 0.05) is 12.1 Å². The lowest BCUT2D eigenvalue weighted by atomic mass is 9.87. The van der Waals surface area contributed by atoms with Gasteiger partial charge in [0.05, 0.1) is 12.5 Å². The molecule has 36 heavy (non-hydrogen) atoms. The van der Waals surface area contributed by atoms with E-state index in [4.69, 9.17) is 9.47 Å². The Morgan fingerprint density at radius 2 is 2.06 bits per heavy atom. The van der Waals surface area contributed by atoms with Gasteiger partial charge in [0.25, 0.3) is 5.91 Å². The first kappa shape index (κ1) is 25.2. The van der Waals surface area contributed by atoms with Crippen molar-refractivity contribution in [3.8, 4) is 11.8 Å². The number of halogens is 1. The number of carbonyl (C=O) groups is 2. The van der Waals surface area contributed by atoms with Crippen LogP contribution in [0.25, 0.3) is 0 Å². The van der Waals surface area contributed by atoms with Crippen molar-refractivity contribution in [2.75, 3.05) is 13.1 Å². The minimum absolute atomic E-state index is 0.00860. The molecule has 0 bridgehead atoms. The largest absolute Gasteiger partial charge is 0.505 e. The van der Waals surface area contributed by atoms with E-state index in [1.807, 2.05) is 6.07 Å². The molecule has 1 aromatic rings. The van der Waals surface area contributed by atoms with Crippen molar-refractivity contribution in [1.82, 2.24) is 5.32 Å². The van der Waals surface area contributed by atoms with Crippen LogP contribution in [0.1, 0.15) is 33.6 Å². The molecular formula is C27H28FN3O5. The number of allylic oxidation sites excluding steroid dienone is 1. The lowest BCUT2D eigenvalue weighted by molar-refractivity contribution is -0.160. The van der Waals surface area contributed by atoms with Crippen molar-refractivity contribution in [3.05, 3.63) is 65.2 Å². The topological polar surface area (TPSA) is 121 Å². The molecule has 1 aliphatic heterocycles. The SMILES string of the molecule is CC(C)(C)OC(=O)C(CNC(=O)C1=NCC2=CC(C#N)(Oc3ccccc3F)C=CC2=C1O)C1CC1. The van der Waals surface area contributed by atoms with Gasteiger partial charge in [0.2, 0.25) is 5.60 Å². The number of nitrogens with one attached hydrogen (secondary N) is 1. The van der Waals surface area contributed by atoms with E-state index in [2.05, 4.69) is 10.3 Å². The quantitative estimate of drug-likeness (QED) is 0.559. The number of nitrogens with zero attached hydrogens (tertiary/aromatic N) is 2. The first-order valence-corrected chi connectivity index (χ1v) is 11.8. The molecule has 188 valence electrons. The monoisotopic (exact) mass is 493 g/mol. The predicted octanol–water partition coefficient (Wildman–Crippen LogP) is 3.71. The van der Waals surface area contributed by atoms with E-state index >= 15 is 0 Å². The van der Waals surface area contributed by atoms with E-state index in [1.54, 1.807) is 26.8 Å². The van der Waals surface area contributed by atoms with Crippen LogP contribution in [0.5, 0.6) is 5.75 Å². The van der Waals surface area contributed by atoms with E-state index in [9.17, 15) is 24.3 Å². The number of carbonyl (C=O) groups excluding carboxylic acids is 2. The van der Waals surface area contributed by atoms with Crippen molar-refractivity contribution in [1.29, 1.82) is 5.26 Å². The Hall–Kier alpha value is -3.93. The second kappa shape index (κ2) is 9.61. The zero-order chi connectivity index (χ0) is 26.1. The number of para-hydroxylation sites is 1. The summed E-state index contributed by atoms with van der Waals surface area (Å²) < 4.78 is 25.2. The summed E-state index contributed by atoms with van der Waals surface area (Å²) >= 11 is 0. The van der Waals surface area contributed by atoms with E-state index in [0.29, 0.717) is 11.1 Å². The lowest BCUT2D eigenvalue weighted by Gasteiger charge is -2.28. The number of fused-ring (bicyclic) bond motifs is 1. The Kier molecular flexibility index (Phi) is 6.72. The van der Waals surface area contributed by atoms with Gasteiger partial charge in [-0.15, -0.1) is 0 Å². The fraction of sp³-hybridized carbons (Fsp3) is 0.407. The number of ether oxygens (including phenoxy) is 2. The average Bonchev–Trinajstić information content (AvgIpc) is 3.65. The third-order valence-electron chi connectivity index (χ3n) is 6.01. The highest BCUT2D eigenvalue weighted by molar-refractivity contribution is 6.45. The fourth-order valence-corrected chi connectivity index (χ4v) is 4.08. The van der Waals surface area contributed by atoms with Gasteiger partial charge in [0.1, 0.15) is 11.7 Å². The number of nitriles is 1. The predicted molar refractivity (Wildman–Crippen MR) is 130 cm³/mol. The third-order valence-corrected chi connectivity index (χ3v) is 6.01. The highest BCUT2D eigenvalue weighted by atomic mass is 19.1. The first-order valence-electron chi connectivity index (χ1n) is 11.8. The zero-order valence-electron chi connectivity index (χ0n) is 20.4. The number of esters is 1. The van der Waals surface area contributed by atoms with Crippen LogP contribution in [0.3, 0.4) is 0 Å². The summed E-state index contributed by atoms with van der Waals surface area (Å²) in [5, 5.41) is 23.3. The van der Waals surface area contributed by atoms with E-state index in [-0.39, 0.29) is 42.2 Å². The Morgan fingerprint density at radius 3 is 2.69 bits per heavy atom. The van der Waals surface area contributed by atoms with Gasteiger partial charge in [-0.2, -0.15) is 5.26 Å². The summed E-state index contributed by atoms with van der Waals surface area (Å²) in [7, 11) is 0. The average molecular weight is 494 g/mol. The molecule has 2 N–H and O–H groups in total. The van der Waals surface area contributed by atoms with Crippen LogP contribution < -0.4 is 10.1 Å². The Labute approximate surface area is 208 Å². The van der Waals surface area contributed by atoms with Crippen molar-refractivity contribution in [2.45, 2.75) is 44.8 Å². The molecule has 2 aliphatic carbocycles. The maximum Gasteiger partial charge on any atom is 0.311 e. The number of aliphatic imine (C=N–C) groups is 1. The van der Waals surface area contributed by atoms with Crippen molar-refractivity contribution in [3.63, 3.8) is 0 Å². The number of benzene rings is 1. The van der Waals surface area contributed by atoms with Gasteiger partial charge >= 0.3 is 5.97 Å². The van der Waals surface area contributed by atoms with E-state index in [0.717, 1.165) is 12.8 Å². The number of dihydropyridines is 1. The van der Waals surface area contributed by atoms with E-state index in [1.165, 1.54) is 36.4 Å². The van der Waals surface area contributed by atoms with Crippen molar-refractivity contribution in [2.24, 2.45) is 16.8 Å². The second-order valence-electron chi connectivity index (χ2n) is 10.1. The van der Waals surface area contributed by atoms with Crippen LogP contribution in [-0.2, 0) is 14.3 Å². The number of hydrogen-bond donors (Lipinski definition) is 2. The molecule has 3 aliphatic rings. The highest BCUT2D eigenvalue weighted by Crippen LogP contribution is 2.38. The van der Waals surface area contributed by atoms with E-state index < -0.39 is 28.8 Å². The molecule has 1 heterocycles. The van der Waals surface area contributed by atoms with Crippen LogP contribution in [0.4, 0.5) is 4.39 Å². The van der Waals surface area contributed by atoms with Crippen LogP contribution in [0.2, 0.25) is 0 Å². The third kappa shape index (κ3) is 5.48. The number of aliphatic hydroxyl groups excluding tert-OH is 1. The minimum Gasteiger partial charge on any atom is -0.505 e. The summed E-state index contributed by atoms with van der Waals surface area (Å²) in [6, 6.07) is 7.76. The normalized spacial score (nSPS) is 22.0. The van der Waals surface area contributed by atoms with Crippen LogP contribution in [-0.4, -0.2) is 47.0 Å². The van der Waals surface area contributed by atoms with Crippen LogP contribution >= 0.6 is 0 Å². The minimum atomic E-state index is -1.60. The second-order valence-corrected chi connectivity index (χ2v) is 10.1.